The lowest BCUT2D eigenvalue weighted by molar-refractivity contribution is -0.117. The van der Waals surface area contributed by atoms with Gasteiger partial charge in [-0.25, -0.2) is 0 Å². The van der Waals surface area contributed by atoms with Gasteiger partial charge in [0.1, 0.15) is 0 Å². The Kier molecular flexibility index (Phi) is 4.58. The Labute approximate surface area is 105 Å². The van der Waals surface area contributed by atoms with Gasteiger partial charge in [-0.2, -0.15) is 0 Å². The van der Waals surface area contributed by atoms with Gasteiger partial charge >= 0.3 is 0 Å². The summed E-state index contributed by atoms with van der Waals surface area (Å²) in [4.78, 5) is 12.1. The first-order valence-electron chi connectivity index (χ1n) is 7.16. The fraction of sp³-hybridized carbons (Fsp3) is 0.688. The number of rotatable bonds is 0. The summed E-state index contributed by atoms with van der Waals surface area (Å²) in [6, 6.07) is 0. The van der Waals surface area contributed by atoms with Gasteiger partial charge in [-0.05, 0) is 62.9 Å². The van der Waals surface area contributed by atoms with Crippen LogP contribution in [0.4, 0.5) is 0 Å². The second kappa shape index (κ2) is 6.18. The molecule has 0 N–H and O–H groups in total. The van der Waals surface area contributed by atoms with E-state index < -0.39 is 0 Å². The van der Waals surface area contributed by atoms with E-state index in [0.29, 0.717) is 11.7 Å². The molecule has 0 spiro atoms. The maximum atomic E-state index is 12.1. The van der Waals surface area contributed by atoms with Crippen LogP contribution in [0, 0.1) is 5.92 Å². The zero-order valence-corrected chi connectivity index (χ0v) is 11.0. The first-order valence-corrected chi connectivity index (χ1v) is 7.16. The van der Waals surface area contributed by atoms with E-state index in [1.54, 1.807) is 0 Å². The molecule has 2 aliphatic carbocycles. The van der Waals surface area contributed by atoms with Crippen molar-refractivity contribution in [1.29, 1.82) is 0 Å². The molecule has 0 aliphatic heterocycles. The predicted molar refractivity (Wildman–Crippen MR) is 71.9 cm³/mol. The number of Topliss-reactive ketones (excluding diaryl/α,β-unsaturated/α-hetero) is 1. The summed E-state index contributed by atoms with van der Waals surface area (Å²) in [5.74, 6) is 1.02. The second-order valence-corrected chi connectivity index (χ2v) is 5.63. The van der Waals surface area contributed by atoms with Crippen molar-refractivity contribution in [2.75, 3.05) is 0 Å². The van der Waals surface area contributed by atoms with Gasteiger partial charge in [-0.3, -0.25) is 4.79 Å². The van der Waals surface area contributed by atoms with Crippen molar-refractivity contribution in [3.05, 3.63) is 23.3 Å². The molecule has 0 saturated carbocycles. The van der Waals surface area contributed by atoms with Crippen LogP contribution in [0.15, 0.2) is 23.3 Å². The average Bonchev–Trinajstić information content (AvgIpc) is 2.33. The Balaban J connectivity index is 2.12. The number of hydrogen-bond donors (Lipinski definition) is 0. The summed E-state index contributed by atoms with van der Waals surface area (Å²) >= 11 is 0. The molecule has 1 heteroatoms. The number of ketones is 1. The zero-order valence-electron chi connectivity index (χ0n) is 11.0. The van der Waals surface area contributed by atoms with E-state index in [-0.39, 0.29) is 0 Å². The summed E-state index contributed by atoms with van der Waals surface area (Å²) in [6.07, 6.45) is 14.8. The second-order valence-electron chi connectivity index (χ2n) is 5.63. The van der Waals surface area contributed by atoms with Crippen LogP contribution in [0.5, 0.6) is 0 Å². The molecule has 94 valence electrons. The Morgan fingerprint density at radius 2 is 1.76 bits per heavy atom. The van der Waals surface area contributed by atoms with E-state index in [2.05, 4.69) is 19.1 Å². The lowest BCUT2D eigenvalue weighted by Crippen LogP contribution is -2.18. The molecule has 0 saturated heterocycles. The van der Waals surface area contributed by atoms with Crippen LogP contribution in [0.3, 0.4) is 0 Å². The zero-order chi connectivity index (χ0) is 12.1. The first-order chi connectivity index (χ1) is 8.27. The molecule has 0 heterocycles. The highest BCUT2D eigenvalue weighted by molar-refractivity contribution is 5.97. The SMILES string of the molecule is CC1CC(=O)C2=C(CCCCC=CCCC2)C1. The molecule has 0 bridgehead atoms. The van der Waals surface area contributed by atoms with Crippen LogP contribution >= 0.6 is 0 Å². The third kappa shape index (κ3) is 3.55. The van der Waals surface area contributed by atoms with Gasteiger partial charge in [-0.15, -0.1) is 0 Å². The third-order valence-electron chi connectivity index (χ3n) is 3.96. The van der Waals surface area contributed by atoms with Crippen molar-refractivity contribution in [2.45, 2.75) is 64.7 Å². The van der Waals surface area contributed by atoms with E-state index in [0.717, 1.165) is 25.7 Å². The van der Waals surface area contributed by atoms with Crippen LogP contribution in [0.25, 0.3) is 0 Å². The molecule has 0 amide bonds. The van der Waals surface area contributed by atoms with Gasteiger partial charge in [0.05, 0.1) is 0 Å². The lowest BCUT2D eigenvalue weighted by Gasteiger charge is -2.24. The van der Waals surface area contributed by atoms with Crippen molar-refractivity contribution < 1.29 is 4.79 Å². The minimum atomic E-state index is 0.446. The highest BCUT2D eigenvalue weighted by Gasteiger charge is 2.24. The molecule has 2 aliphatic rings. The topological polar surface area (TPSA) is 17.1 Å². The first kappa shape index (κ1) is 12.6. The summed E-state index contributed by atoms with van der Waals surface area (Å²) in [7, 11) is 0. The molecule has 0 radical (unpaired) electrons. The van der Waals surface area contributed by atoms with E-state index in [1.807, 2.05) is 0 Å². The van der Waals surface area contributed by atoms with Crippen LogP contribution in [0.2, 0.25) is 0 Å². The molecule has 1 unspecified atom stereocenters. The summed E-state index contributed by atoms with van der Waals surface area (Å²) in [5.41, 5.74) is 2.70. The van der Waals surface area contributed by atoms with Crippen molar-refractivity contribution in [3.8, 4) is 0 Å². The Morgan fingerprint density at radius 1 is 1.00 bits per heavy atom. The van der Waals surface area contributed by atoms with Gasteiger partial charge < -0.3 is 0 Å². The summed E-state index contributed by atoms with van der Waals surface area (Å²) in [5, 5.41) is 0. The fourth-order valence-corrected chi connectivity index (χ4v) is 3.05. The summed E-state index contributed by atoms with van der Waals surface area (Å²) in [6.45, 7) is 2.22. The summed E-state index contributed by atoms with van der Waals surface area (Å²) < 4.78 is 0. The number of carbonyl (C=O) groups is 1. The molecule has 2 rings (SSSR count). The largest absolute Gasteiger partial charge is 0.295 e. The molecular weight excluding hydrogens is 208 g/mol. The van der Waals surface area contributed by atoms with E-state index in [1.165, 1.54) is 43.3 Å². The fourth-order valence-electron chi connectivity index (χ4n) is 3.05. The average molecular weight is 232 g/mol. The van der Waals surface area contributed by atoms with Crippen LogP contribution in [-0.2, 0) is 4.79 Å². The number of hydrogen-bond acceptors (Lipinski definition) is 1. The molecule has 0 aromatic rings. The highest BCUT2D eigenvalue weighted by Crippen LogP contribution is 2.33. The Morgan fingerprint density at radius 3 is 2.59 bits per heavy atom. The van der Waals surface area contributed by atoms with Crippen LogP contribution in [0.1, 0.15) is 64.7 Å². The molecular formula is C16H24O. The molecule has 0 aromatic heterocycles. The van der Waals surface area contributed by atoms with E-state index in [9.17, 15) is 4.79 Å². The number of allylic oxidation sites excluding steroid dienone is 4. The standard InChI is InChI=1S/C16H24O/c1-13-11-14-9-7-5-3-2-4-6-8-10-15(14)16(17)12-13/h2,4,13H,3,5-12H2,1H3. The van der Waals surface area contributed by atoms with Crippen molar-refractivity contribution >= 4 is 5.78 Å². The highest BCUT2D eigenvalue weighted by atomic mass is 16.1. The van der Waals surface area contributed by atoms with Crippen LogP contribution < -0.4 is 0 Å². The smallest absolute Gasteiger partial charge is 0.159 e. The normalized spacial score (nSPS) is 27.6. The van der Waals surface area contributed by atoms with Gasteiger partial charge in [0.15, 0.2) is 5.78 Å². The molecule has 17 heavy (non-hydrogen) atoms. The monoisotopic (exact) mass is 232 g/mol. The minimum Gasteiger partial charge on any atom is -0.295 e. The van der Waals surface area contributed by atoms with Gasteiger partial charge in [0.25, 0.3) is 0 Å². The van der Waals surface area contributed by atoms with Crippen LogP contribution in [-0.4, -0.2) is 5.78 Å². The maximum absolute atomic E-state index is 12.1. The minimum absolute atomic E-state index is 0.446. The molecule has 0 aromatic carbocycles. The quantitative estimate of drug-likeness (QED) is 0.559. The number of carbonyl (C=O) groups excluding carboxylic acids is 1. The lowest BCUT2D eigenvalue weighted by atomic mass is 9.80. The molecule has 1 atom stereocenters. The predicted octanol–water partition coefficient (Wildman–Crippen LogP) is 4.58. The molecule has 1 nitrogen and oxygen atoms in total. The van der Waals surface area contributed by atoms with Gasteiger partial charge in [0, 0.05) is 6.42 Å². The van der Waals surface area contributed by atoms with E-state index in [4.69, 9.17) is 0 Å². The van der Waals surface area contributed by atoms with Gasteiger partial charge in [-0.1, -0.05) is 24.6 Å². The van der Waals surface area contributed by atoms with Gasteiger partial charge in [0.2, 0.25) is 0 Å². The Bertz CT molecular complexity index is 335. The van der Waals surface area contributed by atoms with E-state index >= 15 is 0 Å². The Hall–Kier alpha value is -0.850. The maximum Gasteiger partial charge on any atom is 0.159 e. The van der Waals surface area contributed by atoms with Crippen molar-refractivity contribution in [2.24, 2.45) is 5.92 Å². The van der Waals surface area contributed by atoms with Crippen molar-refractivity contribution in [3.63, 3.8) is 0 Å². The third-order valence-corrected chi connectivity index (χ3v) is 3.96. The molecule has 0 fully saturated rings. The van der Waals surface area contributed by atoms with Crippen molar-refractivity contribution in [1.82, 2.24) is 0 Å².